The number of hydrogen-bond donors (Lipinski definition) is 1. The molecule has 0 amide bonds. The summed E-state index contributed by atoms with van der Waals surface area (Å²) < 4.78 is 5.38. The highest BCUT2D eigenvalue weighted by molar-refractivity contribution is 4.62. The molecule has 2 unspecified atom stereocenters. The smallest absolute Gasteiger partial charge is 0.0619 e. The fourth-order valence-corrected chi connectivity index (χ4v) is 1.02. The van der Waals surface area contributed by atoms with Gasteiger partial charge < -0.3 is 9.84 Å². The molecule has 0 rings (SSSR count). The van der Waals surface area contributed by atoms with Crippen LogP contribution in [0.15, 0.2) is 0 Å². The molecule has 1 N–H and O–H groups in total. The molecule has 0 aromatic rings. The molecule has 10 heavy (non-hydrogen) atoms. The lowest BCUT2D eigenvalue weighted by atomic mass is 10.0. The Morgan fingerprint density at radius 2 is 2.00 bits per heavy atom. The molecule has 0 bridgehead atoms. The monoisotopic (exact) mass is 146 g/mol. The van der Waals surface area contributed by atoms with Crippen molar-refractivity contribution in [1.29, 1.82) is 0 Å². The number of ether oxygens (including phenoxy) is 1. The minimum Gasteiger partial charge on any atom is -0.396 e. The maximum Gasteiger partial charge on any atom is 0.0619 e. The molecular formula is C8H18O2. The quantitative estimate of drug-likeness (QED) is 0.635. The van der Waals surface area contributed by atoms with Gasteiger partial charge in [0.25, 0.3) is 0 Å². The van der Waals surface area contributed by atoms with Crippen molar-refractivity contribution >= 4 is 0 Å². The van der Waals surface area contributed by atoms with Crippen molar-refractivity contribution in [2.24, 2.45) is 5.92 Å². The van der Waals surface area contributed by atoms with Crippen molar-refractivity contribution in [3.05, 3.63) is 0 Å². The van der Waals surface area contributed by atoms with Crippen LogP contribution in [0.25, 0.3) is 0 Å². The largest absolute Gasteiger partial charge is 0.396 e. The van der Waals surface area contributed by atoms with Crippen LogP contribution >= 0.6 is 0 Å². The van der Waals surface area contributed by atoms with E-state index in [0.29, 0.717) is 0 Å². The van der Waals surface area contributed by atoms with Crippen LogP contribution in [0.2, 0.25) is 0 Å². The number of aliphatic hydroxyl groups excluding tert-OH is 1. The predicted octanol–water partition coefficient (Wildman–Crippen LogP) is 1.43. The van der Waals surface area contributed by atoms with E-state index >= 15 is 0 Å². The van der Waals surface area contributed by atoms with E-state index in [1.54, 1.807) is 0 Å². The summed E-state index contributed by atoms with van der Waals surface area (Å²) in [5.41, 5.74) is 0. The second kappa shape index (κ2) is 5.69. The second-order valence-electron chi connectivity index (χ2n) is 2.56. The van der Waals surface area contributed by atoms with E-state index in [2.05, 4.69) is 6.92 Å². The maximum atomic E-state index is 8.78. The first-order chi connectivity index (χ1) is 4.76. The van der Waals surface area contributed by atoms with Gasteiger partial charge in [0.05, 0.1) is 6.10 Å². The van der Waals surface area contributed by atoms with E-state index in [0.717, 1.165) is 13.0 Å². The Bertz CT molecular complexity index is 73.7. The first-order valence-corrected chi connectivity index (χ1v) is 3.98. The lowest BCUT2D eigenvalue weighted by molar-refractivity contribution is 0.00446. The summed E-state index contributed by atoms with van der Waals surface area (Å²) in [7, 11) is 0. The second-order valence-corrected chi connectivity index (χ2v) is 2.56. The lowest BCUT2D eigenvalue weighted by Gasteiger charge is -2.20. The van der Waals surface area contributed by atoms with Crippen molar-refractivity contribution in [1.82, 2.24) is 0 Å². The van der Waals surface area contributed by atoms with Gasteiger partial charge in [0.2, 0.25) is 0 Å². The SMILES string of the molecule is CCOC(CC)C(C)CO. The van der Waals surface area contributed by atoms with E-state index in [1.807, 2.05) is 13.8 Å². The van der Waals surface area contributed by atoms with Crippen LogP contribution in [0.3, 0.4) is 0 Å². The van der Waals surface area contributed by atoms with Gasteiger partial charge in [-0.3, -0.25) is 0 Å². The highest BCUT2D eigenvalue weighted by atomic mass is 16.5. The molecule has 0 aliphatic heterocycles. The Morgan fingerprint density at radius 1 is 1.40 bits per heavy atom. The van der Waals surface area contributed by atoms with Gasteiger partial charge in [-0.15, -0.1) is 0 Å². The van der Waals surface area contributed by atoms with Gasteiger partial charge in [0.1, 0.15) is 0 Å². The Balaban J connectivity index is 3.56. The minimum atomic E-state index is 0.221. The molecule has 62 valence electrons. The van der Waals surface area contributed by atoms with Crippen molar-refractivity contribution in [2.75, 3.05) is 13.2 Å². The summed E-state index contributed by atoms with van der Waals surface area (Å²) in [6, 6.07) is 0. The van der Waals surface area contributed by atoms with Crippen LogP contribution < -0.4 is 0 Å². The Labute approximate surface area is 63.2 Å². The summed E-state index contributed by atoms with van der Waals surface area (Å²) >= 11 is 0. The predicted molar refractivity (Wildman–Crippen MR) is 42.0 cm³/mol. The molecule has 0 saturated heterocycles. The van der Waals surface area contributed by atoms with Gasteiger partial charge in [0.15, 0.2) is 0 Å². The third-order valence-corrected chi connectivity index (χ3v) is 1.71. The summed E-state index contributed by atoms with van der Waals surface area (Å²) in [6.45, 7) is 7.02. The highest BCUT2D eigenvalue weighted by Gasteiger charge is 2.13. The minimum absolute atomic E-state index is 0.221. The molecule has 0 radical (unpaired) electrons. The zero-order valence-corrected chi connectivity index (χ0v) is 7.13. The van der Waals surface area contributed by atoms with Crippen LogP contribution in [0.5, 0.6) is 0 Å². The first-order valence-electron chi connectivity index (χ1n) is 3.98. The Morgan fingerprint density at radius 3 is 2.30 bits per heavy atom. The third kappa shape index (κ3) is 3.18. The van der Waals surface area contributed by atoms with Crippen molar-refractivity contribution < 1.29 is 9.84 Å². The maximum absolute atomic E-state index is 8.78. The molecule has 0 spiro atoms. The zero-order chi connectivity index (χ0) is 7.98. The van der Waals surface area contributed by atoms with Gasteiger partial charge >= 0.3 is 0 Å². The lowest BCUT2D eigenvalue weighted by Crippen LogP contribution is -2.23. The van der Waals surface area contributed by atoms with Crippen molar-refractivity contribution in [3.63, 3.8) is 0 Å². The summed E-state index contributed by atoms with van der Waals surface area (Å²) in [5.74, 6) is 0.268. The highest BCUT2D eigenvalue weighted by Crippen LogP contribution is 2.09. The molecule has 0 heterocycles. The van der Waals surface area contributed by atoms with Crippen LogP contribution in [0.4, 0.5) is 0 Å². The van der Waals surface area contributed by atoms with Gasteiger partial charge in [-0.05, 0) is 13.3 Å². The van der Waals surface area contributed by atoms with Crippen LogP contribution in [-0.4, -0.2) is 24.4 Å². The average Bonchev–Trinajstić information content (AvgIpc) is 1.99. The molecule has 0 aliphatic rings. The molecule has 2 atom stereocenters. The van der Waals surface area contributed by atoms with Crippen LogP contribution in [0.1, 0.15) is 27.2 Å². The third-order valence-electron chi connectivity index (χ3n) is 1.71. The standard InChI is InChI=1S/C8H18O2/c1-4-8(10-5-2)7(3)6-9/h7-9H,4-6H2,1-3H3. The van der Waals surface area contributed by atoms with E-state index in [-0.39, 0.29) is 18.6 Å². The van der Waals surface area contributed by atoms with Crippen molar-refractivity contribution in [3.8, 4) is 0 Å². The molecule has 0 aliphatic carbocycles. The molecule has 2 nitrogen and oxygen atoms in total. The Hall–Kier alpha value is -0.0800. The Kier molecular flexibility index (Phi) is 5.64. The normalized spacial score (nSPS) is 16.8. The van der Waals surface area contributed by atoms with E-state index in [1.165, 1.54) is 0 Å². The molecule has 0 aromatic carbocycles. The van der Waals surface area contributed by atoms with Crippen LogP contribution in [-0.2, 0) is 4.74 Å². The fraction of sp³-hybridized carbons (Fsp3) is 1.00. The van der Waals surface area contributed by atoms with Crippen LogP contribution in [0, 0.1) is 5.92 Å². The molecule has 2 heteroatoms. The van der Waals surface area contributed by atoms with Gasteiger partial charge in [-0.25, -0.2) is 0 Å². The van der Waals surface area contributed by atoms with Crippen molar-refractivity contribution in [2.45, 2.75) is 33.3 Å². The number of aliphatic hydroxyl groups is 1. The van der Waals surface area contributed by atoms with E-state index < -0.39 is 0 Å². The average molecular weight is 146 g/mol. The van der Waals surface area contributed by atoms with E-state index in [9.17, 15) is 0 Å². The summed E-state index contributed by atoms with van der Waals surface area (Å²) in [4.78, 5) is 0. The number of hydrogen-bond acceptors (Lipinski definition) is 2. The fourth-order valence-electron chi connectivity index (χ4n) is 1.02. The van der Waals surface area contributed by atoms with Gasteiger partial charge in [-0.2, -0.15) is 0 Å². The number of rotatable bonds is 5. The van der Waals surface area contributed by atoms with Gasteiger partial charge in [-0.1, -0.05) is 13.8 Å². The molecular weight excluding hydrogens is 128 g/mol. The topological polar surface area (TPSA) is 29.5 Å². The first kappa shape index (κ1) is 9.92. The molecule has 0 fully saturated rings. The molecule has 0 saturated carbocycles. The summed E-state index contributed by atoms with van der Waals surface area (Å²) in [5, 5.41) is 8.78. The molecule has 0 aromatic heterocycles. The van der Waals surface area contributed by atoms with E-state index in [4.69, 9.17) is 9.84 Å². The zero-order valence-electron chi connectivity index (χ0n) is 7.13. The summed E-state index contributed by atoms with van der Waals surface area (Å²) in [6.07, 6.45) is 1.21. The van der Waals surface area contributed by atoms with Gasteiger partial charge in [0, 0.05) is 19.1 Å².